The van der Waals surface area contributed by atoms with Crippen molar-refractivity contribution in [2.24, 2.45) is 0 Å². The van der Waals surface area contributed by atoms with Gasteiger partial charge in [-0.2, -0.15) is 5.10 Å². The molecule has 0 radical (unpaired) electrons. The summed E-state index contributed by atoms with van der Waals surface area (Å²) in [7, 11) is 0. The molecular formula is C14H12ClN5. The Morgan fingerprint density at radius 1 is 0.900 bits per heavy atom. The average Bonchev–Trinajstić information content (AvgIpc) is 2.88. The number of nitrogens with zero attached hydrogens (tertiary/aromatic N) is 2. The summed E-state index contributed by atoms with van der Waals surface area (Å²) in [6.07, 6.45) is 0. The summed E-state index contributed by atoms with van der Waals surface area (Å²) < 4.78 is 0. The molecule has 5 nitrogen and oxygen atoms in total. The van der Waals surface area contributed by atoms with Crippen LogP contribution in [0.4, 0.5) is 11.4 Å². The Kier molecular flexibility index (Phi) is 3.04. The van der Waals surface area contributed by atoms with Gasteiger partial charge in [0, 0.05) is 27.5 Å². The Bertz CT molecular complexity index is 728. The van der Waals surface area contributed by atoms with Crippen molar-refractivity contribution < 1.29 is 0 Å². The molecule has 100 valence electrons. The number of H-pyrrole nitrogens is 1. The largest absolute Gasteiger partial charge is 0.399 e. The van der Waals surface area contributed by atoms with E-state index in [-0.39, 0.29) is 0 Å². The van der Waals surface area contributed by atoms with E-state index >= 15 is 0 Å². The van der Waals surface area contributed by atoms with Gasteiger partial charge in [0.15, 0.2) is 11.6 Å². The van der Waals surface area contributed by atoms with Crippen molar-refractivity contribution in [2.75, 3.05) is 11.5 Å². The number of nitrogen functional groups attached to an aromatic ring is 2. The summed E-state index contributed by atoms with van der Waals surface area (Å²) in [6, 6.07) is 12.6. The zero-order valence-electron chi connectivity index (χ0n) is 10.5. The van der Waals surface area contributed by atoms with E-state index < -0.39 is 0 Å². The third-order valence-electron chi connectivity index (χ3n) is 2.84. The topological polar surface area (TPSA) is 93.6 Å². The van der Waals surface area contributed by atoms with E-state index in [0.717, 1.165) is 11.1 Å². The standard InChI is InChI=1S/C14H12ClN5/c15-10-3-1-8(2-4-10)13-18-14(20-19-13)9-5-11(16)7-12(17)6-9/h1-7H,16-17H2,(H,18,19,20). The molecule has 0 atom stereocenters. The summed E-state index contributed by atoms with van der Waals surface area (Å²) in [5.41, 5.74) is 14.4. The number of aromatic amines is 1. The molecular weight excluding hydrogens is 274 g/mol. The third kappa shape index (κ3) is 2.44. The minimum Gasteiger partial charge on any atom is -0.399 e. The van der Waals surface area contributed by atoms with Gasteiger partial charge in [-0.25, -0.2) is 4.98 Å². The number of aromatic nitrogens is 3. The molecule has 0 saturated carbocycles. The second-order valence-corrected chi connectivity index (χ2v) is 4.84. The fraction of sp³-hybridized carbons (Fsp3) is 0. The molecule has 1 aromatic heterocycles. The van der Waals surface area contributed by atoms with E-state index in [9.17, 15) is 0 Å². The lowest BCUT2D eigenvalue weighted by molar-refractivity contribution is 1.10. The number of hydrogen-bond donors (Lipinski definition) is 3. The monoisotopic (exact) mass is 285 g/mol. The van der Waals surface area contributed by atoms with Crippen molar-refractivity contribution in [1.82, 2.24) is 15.2 Å². The number of halogens is 1. The van der Waals surface area contributed by atoms with Gasteiger partial charge in [0.05, 0.1) is 0 Å². The van der Waals surface area contributed by atoms with Crippen molar-refractivity contribution in [3.8, 4) is 22.8 Å². The molecule has 0 amide bonds. The fourth-order valence-corrected chi connectivity index (χ4v) is 2.06. The molecule has 0 fully saturated rings. The van der Waals surface area contributed by atoms with Crippen LogP contribution in [-0.4, -0.2) is 15.2 Å². The van der Waals surface area contributed by atoms with Crippen molar-refractivity contribution in [3.63, 3.8) is 0 Å². The van der Waals surface area contributed by atoms with Crippen LogP contribution in [0.15, 0.2) is 42.5 Å². The van der Waals surface area contributed by atoms with E-state index in [1.165, 1.54) is 0 Å². The molecule has 0 spiro atoms. The third-order valence-corrected chi connectivity index (χ3v) is 3.09. The molecule has 0 bridgehead atoms. The molecule has 2 aromatic carbocycles. The van der Waals surface area contributed by atoms with Crippen molar-refractivity contribution >= 4 is 23.0 Å². The molecule has 0 saturated heterocycles. The quantitative estimate of drug-likeness (QED) is 0.631. The molecule has 0 aliphatic heterocycles. The van der Waals surface area contributed by atoms with Crippen LogP contribution in [0.1, 0.15) is 0 Å². The first-order valence-corrected chi connectivity index (χ1v) is 6.34. The van der Waals surface area contributed by atoms with E-state index in [1.54, 1.807) is 30.3 Å². The van der Waals surface area contributed by atoms with Gasteiger partial charge in [-0.05, 0) is 42.5 Å². The van der Waals surface area contributed by atoms with Gasteiger partial charge in [0.1, 0.15) is 0 Å². The first-order valence-electron chi connectivity index (χ1n) is 5.96. The average molecular weight is 286 g/mol. The number of nitrogens with two attached hydrogens (primary N) is 2. The van der Waals surface area contributed by atoms with E-state index in [0.29, 0.717) is 28.0 Å². The first kappa shape index (κ1) is 12.5. The zero-order valence-corrected chi connectivity index (χ0v) is 11.2. The second kappa shape index (κ2) is 4.86. The molecule has 1 heterocycles. The number of nitrogens with one attached hydrogen (secondary N) is 1. The van der Waals surface area contributed by atoms with Gasteiger partial charge in [-0.1, -0.05) is 11.6 Å². The Morgan fingerprint density at radius 2 is 1.55 bits per heavy atom. The zero-order chi connectivity index (χ0) is 14.1. The number of rotatable bonds is 2. The maximum atomic E-state index is 5.86. The van der Waals surface area contributed by atoms with Crippen LogP contribution in [0.25, 0.3) is 22.8 Å². The molecule has 3 rings (SSSR count). The highest BCUT2D eigenvalue weighted by atomic mass is 35.5. The summed E-state index contributed by atoms with van der Waals surface area (Å²) in [4.78, 5) is 4.44. The lowest BCUT2D eigenvalue weighted by atomic mass is 10.1. The minimum atomic E-state index is 0.550. The maximum Gasteiger partial charge on any atom is 0.181 e. The van der Waals surface area contributed by atoms with Gasteiger partial charge in [-0.3, -0.25) is 5.10 Å². The Labute approximate surface area is 120 Å². The molecule has 5 N–H and O–H groups in total. The predicted octanol–water partition coefficient (Wildman–Crippen LogP) is 2.96. The molecule has 20 heavy (non-hydrogen) atoms. The number of hydrogen-bond acceptors (Lipinski definition) is 4. The summed E-state index contributed by atoms with van der Waals surface area (Å²) in [6.45, 7) is 0. The maximum absolute atomic E-state index is 5.86. The molecule has 3 aromatic rings. The normalized spacial score (nSPS) is 10.7. The second-order valence-electron chi connectivity index (χ2n) is 4.40. The van der Waals surface area contributed by atoms with Crippen LogP contribution in [0.2, 0.25) is 5.02 Å². The highest BCUT2D eigenvalue weighted by Crippen LogP contribution is 2.24. The lowest BCUT2D eigenvalue weighted by Gasteiger charge is -2.00. The van der Waals surface area contributed by atoms with Gasteiger partial charge < -0.3 is 11.5 Å². The van der Waals surface area contributed by atoms with Crippen LogP contribution in [0.3, 0.4) is 0 Å². The van der Waals surface area contributed by atoms with Crippen molar-refractivity contribution in [1.29, 1.82) is 0 Å². The van der Waals surface area contributed by atoms with Gasteiger partial charge >= 0.3 is 0 Å². The van der Waals surface area contributed by atoms with Crippen LogP contribution in [0, 0.1) is 0 Å². The van der Waals surface area contributed by atoms with E-state index in [1.807, 2.05) is 12.1 Å². The minimum absolute atomic E-state index is 0.550. The first-order chi connectivity index (χ1) is 9.61. The van der Waals surface area contributed by atoms with Crippen molar-refractivity contribution in [2.45, 2.75) is 0 Å². The van der Waals surface area contributed by atoms with Crippen LogP contribution in [-0.2, 0) is 0 Å². The number of benzene rings is 2. The Hall–Kier alpha value is -2.53. The van der Waals surface area contributed by atoms with Gasteiger partial charge in [-0.15, -0.1) is 0 Å². The van der Waals surface area contributed by atoms with E-state index in [4.69, 9.17) is 23.1 Å². The van der Waals surface area contributed by atoms with Gasteiger partial charge in [0.25, 0.3) is 0 Å². The van der Waals surface area contributed by atoms with Crippen molar-refractivity contribution in [3.05, 3.63) is 47.5 Å². The van der Waals surface area contributed by atoms with Gasteiger partial charge in [0.2, 0.25) is 0 Å². The molecule has 6 heteroatoms. The highest BCUT2D eigenvalue weighted by molar-refractivity contribution is 6.30. The number of anilines is 2. The Balaban J connectivity index is 1.99. The summed E-state index contributed by atoms with van der Waals surface area (Å²) in [5, 5.41) is 7.76. The van der Waals surface area contributed by atoms with Crippen LogP contribution < -0.4 is 11.5 Å². The molecule has 0 unspecified atom stereocenters. The summed E-state index contributed by atoms with van der Waals surface area (Å²) in [5.74, 6) is 1.21. The lowest BCUT2D eigenvalue weighted by Crippen LogP contribution is -1.92. The highest BCUT2D eigenvalue weighted by Gasteiger charge is 2.08. The smallest absolute Gasteiger partial charge is 0.181 e. The van der Waals surface area contributed by atoms with Crippen LogP contribution >= 0.6 is 11.6 Å². The van der Waals surface area contributed by atoms with Crippen LogP contribution in [0.5, 0.6) is 0 Å². The predicted molar refractivity (Wildman–Crippen MR) is 81.1 cm³/mol. The fourth-order valence-electron chi connectivity index (χ4n) is 1.93. The molecule has 0 aliphatic carbocycles. The molecule has 0 aliphatic rings. The SMILES string of the molecule is Nc1cc(N)cc(-c2n[nH]c(-c3ccc(Cl)cc3)n2)c1. The summed E-state index contributed by atoms with van der Waals surface area (Å²) >= 11 is 5.86. The Morgan fingerprint density at radius 3 is 2.20 bits per heavy atom. The van der Waals surface area contributed by atoms with E-state index in [2.05, 4.69) is 15.2 Å².